The van der Waals surface area contributed by atoms with E-state index < -0.39 is 0 Å². The van der Waals surface area contributed by atoms with Gasteiger partial charge < -0.3 is 15.6 Å². The third kappa shape index (κ3) is 2.07. The highest BCUT2D eigenvalue weighted by Gasteiger charge is 2.08. The fourth-order valence-electron chi connectivity index (χ4n) is 1.08. The van der Waals surface area contributed by atoms with Crippen molar-refractivity contribution in [1.82, 2.24) is 14.5 Å². The monoisotopic (exact) mass is 225 g/mol. The van der Waals surface area contributed by atoms with Gasteiger partial charge in [0.15, 0.2) is 5.82 Å². The van der Waals surface area contributed by atoms with Crippen molar-refractivity contribution in [3.63, 3.8) is 0 Å². The number of nitrogens with two attached hydrogens (primary N) is 1. The Balaban J connectivity index is 2.02. The maximum absolute atomic E-state index is 5.62. The lowest BCUT2D eigenvalue weighted by Gasteiger charge is -1.99. The van der Waals surface area contributed by atoms with Crippen LogP contribution in [-0.4, -0.2) is 14.5 Å². The van der Waals surface area contributed by atoms with Crippen LogP contribution < -0.4 is 11.1 Å². The summed E-state index contributed by atoms with van der Waals surface area (Å²) in [6, 6.07) is 0. The minimum atomic E-state index is 0.489. The molecule has 0 unspecified atom stereocenters. The number of nitrogens with one attached hydrogen (secondary N) is 1. The fourth-order valence-corrected chi connectivity index (χ4v) is 1.79. The molecule has 6 nitrogen and oxygen atoms in total. The van der Waals surface area contributed by atoms with Crippen LogP contribution in [0.2, 0.25) is 0 Å². The van der Waals surface area contributed by atoms with Crippen LogP contribution >= 0.6 is 11.5 Å². The standard InChI is InChI=1S/C8H11N5OS/c1-4-7(9)13-15-8(4)10-3-6-11-5(2)12-14-6/h10H,3H2,1-2H3,(H2,9,13). The Morgan fingerprint density at radius 1 is 1.47 bits per heavy atom. The molecule has 7 heteroatoms. The molecule has 0 spiro atoms. The molecule has 0 aromatic carbocycles. The molecule has 0 aliphatic heterocycles. The molecule has 0 aliphatic carbocycles. The molecule has 2 rings (SSSR count). The zero-order valence-electron chi connectivity index (χ0n) is 8.44. The van der Waals surface area contributed by atoms with E-state index in [4.69, 9.17) is 10.3 Å². The minimum absolute atomic E-state index is 0.489. The van der Waals surface area contributed by atoms with E-state index in [1.54, 1.807) is 6.92 Å². The van der Waals surface area contributed by atoms with Crippen molar-refractivity contribution < 1.29 is 4.52 Å². The van der Waals surface area contributed by atoms with Gasteiger partial charge in [0.25, 0.3) is 0 Å². The van der Waals surface area contributed by atoms with Crippen molar-refractivity contribution in [3.05, 3.63) is 17.3 Å². The van der Waals surface area contributed by atoms with E-state index in [0.29, 0.717) is 24.1 Å². The zero-order chi connectivity index (χ0) is 10.8. The summed E-state index contributed by atoms with van der Waals surface area (Å²) < 4.78 is 8.99. The molecule has 0 amide bonds. The van der Waals surface area contributed by atoms with E-state index in [2.05, 4.69) is 19.8 Å². The summed E-state index contributed by atoms with van der Waals surface area (Å²) >= 11 is 1.33. The highest BCUT2D eigenvalue weighted by molar-refractivity contribution is 7.10. The van der Waals surface area contributed by atoms with Crippen LogP contribution in [0.4, 0.5) is 10.8 Å². The first-order chi connectivity index (χ1) is 7.16. The molecule has 2 aromatic heterocycles. The number of aryl methyl sites for hydroxylation is 1. The second kappa shape index (κ2) is 3.85. The van der Waals surface area contributed by atoms with Crippen molar-refractivity contribution in [2.45, 2.75) is 20.4 Å². The van der Waals surface area contributed by atoms with Crippen LogP contribution in [-0.2, 0) is 6.54 Å². The van der Waals surface area contributed by atoms with Gasteiger partial charge in [0.05, 0.1) is 6.54 Å². The summed E-state index contributed by atoms with van der Waals surface area (Å²) in [5.74, 6) is 1.75. The second-order valence-electron chi connectivity index (χ2n) is 3.11. The van der Waals surface area contributed by atoms with Gasteiger partial charge in [-0.1, -0.05) is 5.16 Å². The van der Waals surface area contributed by atoms with Crippen LogP contribution in [0.1, 0.15) is 17.3 Å². The molecule has 0 bridgehead atoms. The van der Waals surface area contributed by atoms with Gasteiger partial charge in [-0.25, -0.2) is 0 Å². The van der Waals surface area contributed by atoms with Gasteiger partial charge in [-0.05, 0) is 25.4 Å². The van der Waals surface area contributed by atoms with E-state index in [1.807, 2.05) is 6.92 Å². The summed E-state index contributed by atoms with van der Waals surface area (Å²) in [6.45, 7) is 4.19. The first-order valence-corrected chi connectivity index (χ1v) is 5.19. The summed E-state index contributed by atoms with van der Waals surface area (Å²) in [5.41, 5.74) is 6.58. The molecule has 0 saturated heterocycles. The highest BCUT2D eigenvalue weighted by atomic mass is 32.1. The number of rotatable bonds is 3. The maximum atomic E-state index is 5.62. The zero-order valence-corrected chi connectivity index (χ0v) is 9.26. The smallest absolute Gasteiger partial charge is 0.245 e. The Kier molecular flexibility index (Phi) is 2.55. The number of aromatic nitrogens is 3. The van der Waals surface area contributed by atoms with Crippen molar-refractivity contribution >= 4 is 22.4 Å². The first-order valence-electron chi connectivity index (χ1n) is 4.41. The van der Waals surface area contributed by atoms with Gasteiger partial charge in [0, 0.05) is 5.56 Å². The molecule has 80 valence electrons. The van der Waals surface area contributed by atoms with E-state index in [1.165, 1.54) is 11.5 Å². The summed E-state index contributed by atoms with van der Waals surface area (Å²) in [5, 5.41) is 7.77. The largest absolute Gasteiger partial charge is 0.383 e. The Labute approximate surface area is 90.7 Å². The van der Waals surface area contributed by atoms with Crippen LogP contribution in [0, 0.1) is 13.8 Å². The van der Waals surface area contributed by atoms with Crippen molar-refractivity contribution in [3.8, 4) is 0 Å². The fraction of sp³-hybridized carbons (Fsp3) is 0.375. The molecule has 0 atom stereocenters. The molecule has 0 aliphatic rings. The molecule has 15 heavy (non-hydrogen) atoms. The predicted molar refractivity (Wildman–Crippen MR) is 57.6 cm³/mol. The molecule has 2 aromatic rings. The summed E-state index contributed by atoms with van der Waals surface area (Å²) in [4.78, 5) is 4.07. The number of anilines is 2. The molecule has 0 fully saturated rings. The first kappa shape index (κ1) is 9.91. The molecule has 0 radical (unpaired) electrons. The van der Waals surface area contributed by atoms with Gasteiger partial charge in [0.1, 0.15) is 10.8 Å². The van der Waals surface area contributed by atoms with Gasteiger partial charge in [0.2, 0.25) is 5.89 Å². The van der Waals surface area contributed by atoms with Crippen LogP contribution in [0.3, 0.4) is 0 Å². The number of hydrogen-bond donors (Lipinski definition) is 2. The van der Waals surface area contributed by atoms with E-state index in [9.17, 15) is 0 Å². The Bertz CT molecular complexity index is 463. The van der Waals surface area contributed by atoms with E-state index in [-0.39, 0.29) is 0 Å². The maximum Gasteiger partial charge on any atom is 0.245 e. The third-order valence-corrected chi connectivity index (χ3v) is 2.85. The topological polar surface area (TPSA) is 89.9 Å². The third-order valence-electron chi connectivity index (χ3n) is 1.93. The van der Waals surface area contributed by atoms with Gasteiger partial charge >= 0.3 is 0 Å². The van der Waals surface area contributed by atoms with Crippen molar-refractivity contribution in [2.75, 3.05) is 11.1 Å². The number of hydrogen-bond acceptors (Lipinski definition) is 7. The van der Waals surface area contributed by atoms with Crippen molar-refractivity contribution in [2.24, 2.45) is 0 Å². The average molecular weight is 225 g/mol. The Hall–Kier alpha value is -1.63. The van der Waals surface area contributed by atoms with Crippen LogP contribution in [0.15, 0.2) is 4.52 Å². The average Bonchev–Trinajstić information content (AvgIpc) is 2.74. The van der Waals surface area contributed by atoms with E-state index in [0.717, 1.165) is 10.6 Å². The normalized spacial score (nSPS) is 10.5. The lowest BCUT2D eigenvalue weighted by molar-refractivity contribution is 0.379. The lowest BCUT2D eigenvalue weighted by atomic mass is 10.3. The van der Waals surface area contributed by atoms with E-state index >= 15 is 0 Å². The number of nitrogen functional groups attached to an aromatic ring is 1. The lowest BCUT2D eigenvalue weighted by Crippen LogP contribution is -1.99. The molecular formula is C8H11N5OS. The quantitative estimate of drug-likeness (QED) is 0.819. The van der Waals surface area contributed by atoms with Gasteiger partial charge in [-0.15, -0.1) is 0 Å². The molecule has 2 heterocycles. The second-order valence-corrected chi connectivity index (χ2v) is 3.88. The predicted octanol–water partition coefficient (Wildman–Crippen LogP) is 1.34. The van der Waals surface area contributed by atoms with Gasteiger partial charge in [-0.2, -0.15) is 9.36 Å². The summed E-state index contributed by atoms with van der Waals surface area (Å²) in [6.07, 6.45) is 0. The highest BCUT2D eigenvalue weighted by Crippen LogP contribution is 2.25. The Morgan fingerprint density at radius 2 is 2.27 bits per heavy atom. The van der Waals surface area contributed by atoms with Crippen molar-refractivity contribution in [1.29, 1.82) is 0 Å². The molecule has 0 saturated carbocycles. The van der Waals surface area contributed by atoms with Crippen LogP contribution in [0.5, 0.6) is 0 Å². The Morgan fingerprint density at radius 3 is 2.80 bits per heavy atom. The molecule has 3 N–H and O–H groups in total. The SMILES string of the molecule is Cc1noc(CNc2snc(N)c2C)n1. The number of nitrogens with zero attached hydrogens (tertiary/aromatic N) is 3. The van der Waals surface area contributed by atoms with Gasteiger partial charge in [-0.3, -0.25) is 0 Å². The summed E-state index contributed by atoms with van der Waals surface area (Å²) in [7, 11) is 0. The molecular weight excluding hydrogens is 214 g/mol. The van der Waals surface area contributed by atoms with Crippen LogP contribution in [0.25, 0.3) is 0 Å². The minimum Gasteiger partial charge on any atom is -0.383 e.